The van der Waals surface area contributed by atoms with Crippen LogP contribution in [0.25, 0.3) is 5.65 Å². The number of guanidine groups is 1. The van der Waals surface area contributed by atoms with E-state index in [9.17, 15) is 0 Å². The van der Waals surface area contributed by atoms with Gasteiger partial charge in [-0.25, -0.2) is 0 Å². The van der Waals surface area contributed by atoms with Crippen molar-refractivity contribution in [3.05, 3.63) is 30.2 Å². The van der Waals surface area contributed by atoms with Crippen LogP contribution >= 0.6 is 0 Å². The van der Waals surface area contributed by atoms with Crippen LogP contribution in [0.15, 0.2) is 29.4 Å². The van der Waals surface area contributed by atoms with Gasteiger partial charge in [-0.3, -0.25) is 9.39 Å². The Hall–Kier alpha value is -2.15. The fraction of sp³-hybridized carbons (Fsp3) is 0.632. The monoisotopic (exact) mass is 356 g/mol. The van der Waals surface area contributed by atoms with Crippen molar-refractivity contribution in [1.29, 1.82) is 0 Å². The van der Waals surface area contributed by atoms with E-state index in [4.69, 9.17) is 4.74 Å². The van der Waals surface area contributed by atoms with Gasteiger partial charge in [0.25, 0.3) is 0 Å². The Balaban J connectivity index is 1.39. The van der Waals surface area contributed by atoms with Crippen LogP contribution in [-0.4, -0.2) is 46.4 Å². The third-order valence-electron chi connectivity index (χ3n) is 6.02. The van der Waals surface area contributed by atoms with Crippen molar-refractivity contribution in [2.75, 3.05) is 13.7 Å². The minimum absolute atomic E-state index is 0.287. The van der Waals surface area contributed by atoms with Crippen molar-refractivity contribution in [3.8, 4) is 0 Å². The molecule has 4 rings (SSSR count). The molecule has 2 aromatic heterocycles. The molecule has 140 valence electrons. The average Bonchev–Trinajstić information content (AvgIpc) is 3.32. The molecule has 0 saturated heterocycles. The van der Waals surface area contributed by atoms with Gasteiger partial charge in [0.15, 0.2) is 17.4 Å². The lowest BCUT2D eigenvalue weighted by molar-refractivity contribution is -0.125. The molecular formula is C19H28N6O. The zero-order valence-electron chi connectivity index (χ0n) is 15.6. The Morgan fingerprint density at radius 1 is 1.35 bits per heavy atom. The van der Waals surface area contributed by atoms with Crippen molar-refractivity contribution in [3.63, 3.8) is 0 Å². The molecule has 0 bridgehead atoms. The number of hydrogen-bond acceptors (Lipinski definition) is 4. The van der Waals surface area contributed by atoms with Crippen LogP contribution in [0.4, 0.5) is 0 Å². The van der Waals surface area contributed by atoms with Gasteiger partial charge in [0, 0.05) is 31.3 Å². The highest BCUT2D eigenvalue weighted by molar-refractivity contribution is 5.80. The fourth-order valence-corrected chi connectivity index (χ4v) is 4.62. The van der Waals surface area contributed by atoms with E-state index in [0.29, 0.717) is 18.7 Å². The Morgan fingerprint density at radius 3 is 2.96 bits per heavy atom. The third-order valence-corrected chi connectivity index (χ3v) is 6.02. The Kier molecular flexibility index (Phi) is 4.80. The highest BCUT2D eigenvalue weighted by Crippen LogP contribution is 2.54. The van der Waals surface area contributed by atoms with E-state index in [0.717, 1.165) is 30.5 Å². The maximum absolute atomic E-state index is 6.01. The molecule has 0 aromatic carbocycles. The molecule has 0 amide bonds. The molecule has 2 N–H and O–H groups in total. The van der Waals surface area contributed by atoms with Crippen molar-refractivity contribution < 1.29 is 4.74 Å². The number of ether oxygens (including phenoxy) is 1. The predicted octanol–water partition coefficient (Wildman–Crippen LogP) is 2.13. The summed E-state index contributed by atoms with van der Waals surface area (Å²) >= 11 is 0. The second-order valence-electron chi connectivity index (χ2n) is 7.29. The standard InChI is InChI=1S/C19H28N6O/c1-3-26-15-12-14(19(15)9-5-6-10-19)22-18(20-2)21-13-17-24-23-16-8-4-7-11-25(16)17/h4,7-8,11,14-15H,3,5-6,9-10,12-13H2,1-2H3,(H2,20,21,22). The van der Waals surface area contributed by atoms with E-state index in [2.05, 4.69) is 32.7 Å². The molecule has 2 atom stereocenters. The van der Waals surface area contributed by atoms with Gasteiger partial charge in [0.2, 0.25) is 0 Å². The zero-order chi connectivity index (χ0) is 18.0. The van der Waals surface area contributed by atoms with Gasteiger partial charge in [0.1, 0.15) is 0 Å². The predicted molar refractivity (Wildman–Crippen MR) is 101 cm³/mol. The van der Waals surface area contributed by atoms with Gasteiger partial charge in [-0.15, -0.1) is 10.2 Å². The van der Waals surface area contributed by atoms with Crippen molar-refractivity contribution in [2.45, 2.75) is 57.7 Å². The summed E-state index contributed by atoms with van der Waals surface area (Å²) in [4.78, 5) is 4.41. The maximum Gasteiger partial charge on any atom is 0.191 e. The summed E-state index contributed by atoms with van der Waals surface area (Å²) in [6, 6.07) is 6.34. The average molecular weight is 356 g/mol. The number of hydrogen-bond donors (Lipinski definition) is 2. The summed E-state index contributed by atoms with van der Waals surface area (Å²) in [6.07, 6.45) is 8.55. The van der Waals surface area contributed by atoms with Crippen LogP contribution in [0.3, 0.4) is 0 Å². The first kappa shape index (κ1) is 17.3. The van der Waals surface area contributed by atoms with E-state index in [1.54, 1.807) is 0 Å². The lowest BCUT2D eigenvalue weighted by Gasteiger charge is -2.54. The van der Waals surface area contributed by atoms with Crippen LogP contribution < -0.4 is 10.6 Å². The first-order chi connectivity index (χ1) is 12.8. The van der Waals surface area contributed by atoms with E-state index in [1.807, 2.05) is 35.8 Å². The molecule has 26 heavy (non-hydrogen) atoms. The fourth-order valence-electron chi connectivity index (χ4n) is 4.62. The summed E-state index contributed by atoms with van der Waals surface area (Å²) in [5.74, 6) is 1.70. The molecule has 2 unspecified atom stereocenters. The van der Waals surface area contributed by atoms with Crippen molar-refractivity contribution in [1.82, 2.24) is 25.2 Å². The number of pyridine rings is 1. The molecular weight excluding hydrogens is 328 g/mol. The minimum Gasteiger partial charge on any atom is -0.378 e. The highest BCUT2D eigenvalue weighted by Gasteiger charge is 2.56. The second kappa shape index (κ2) is 7.23. The van der Waals surface area contributed by atoms with Crippen LogP contribution in [0.5, 0.6) is 0 Å². The molecule has 2 aromatic rings. The summed E-state index contributed by atoms with van der Waals surface area (Å²) in [6.45, 7) is 3.47. The number of aliphatic imine (C=N–C) groups is 1. The minimum atomic E-state index is 0.287. The third kappa shape index (κ3) is 2.94. The first-order valence-electron chi connectivity index (χ1n) is 9.64. The van der Waals surface area contributed by atoms with Crippen LogP contribution in [0.2, 0.25) is 0 Å². The van der Waals surface area contributed by atoms with Gasteiger partial charge in [-0.05, 0) is 38.3 Å². The SMILES string of the molecule is CCOC1CC(NC(=NC)NCc2nnc3ccccn23)C12CCCC2. The number of fused-ring (bicyclic) bond motifs is 1. The van der Waals surface area contributed by atoms with E-state index in [-0.39, 0.29) is 5.41 Å². The molecule has 2 aliphatic rings. The molecule has 2 saturated carbocycles. The van der Waals surface area contributed by atoms with Gasteiger partial charge in [0.05, 0.1) is 12.6 Å². The maximum atomic E-state index is 6.01. The number of nitrogens with one attached hydrogen (secondary N) is 2. The second-order valence-corrected chi connectivity index (χ2v) is 7.29. The number of rotatable bonds is 5. The van der Waals surface area contributed by atoms with Gasteiger partial charge < -0.3 is 15.4 Å². The van der Waals surface area contributed by atoms with Crippen molar-refractivity contribution >= 4 is 11.6 Å². The van der Waals surface area contributed by atoms with Crippen LogP contribution in [-0.2, 0) is 11.3 Å². The van der Waals surface area contributed by atoms with E-state index >= 15 is 0 Å². The number of nitrogens with zero attached hydrogens (tertiary/aromatic N) is 4. The quantitative estimate of drug-likeness (QED) is 0.634. The van der Waals surface area contributed by atoms with Crippen LogP contribution in [0, 0.1) is 5.41 Å². The first-order valence-corrected chi connectivity index (χ1v) is 9.64. The largest absolute Gasteiger partial charge is 0.378 e. The normalized spacial score (nSPS) is 24.8. The smallest absolute Gasteiger partial charge is 0.191 e. The molecule has 2 heterocycles. The van der Waals surface area contributed by atoms with E-state index in [1.165, 1.54) is 25.7 Å². The molecule has 7 nitrogen and oxygen atoms in total. The Morgan fingerprint density at radius 2 is 2.19 bits per heavy atom. The molecule has 0 aliphatic heterocycles. The van der Waals surface area contributed by atoms with Gasteiger partial charge >= 0.3 is 0 Å². The summed E-state index contributed by atoms with van der Waals surface area (Å²) in [5.41, 5.74) is 1.14. The van der Waals surface area contributed by atoms with E-state index < -0.39 is 0 Å². The molecule has 0 radical (unpaired) electrons. The molecule has 2 fully saturated rings. The molecule has 1 spiro atoms. The summed E-state index contributed by atoms with van der Waals surface area (Å²) < 4.78 is 8.00. The van der Waals surface area contributed by atoms with Crippen LogP contribution in [0.1, 0.15) is 44.9 Å². The van der Waals surface area contributed by atoms with Crippen molar-refractivity contribution in [2.24, 2.45) is 10.4 Å². The van der Waals surface area contributed by atoms with Gasteiger partial charge in [-0.2, -0.15) is 0 Å². The topological polar surface area (TPSA) is 75.8 Å². The lowest BCUT2D eigenvalue weighted by atomic mass is 9.60. The highest BCUT2D eigenvalue weighted by atomic mass is 16.5. The van der Waals surface area contributed by atoms with Gasteiger partial charge in [-0.1, -0.05) is 18.9 Å². The zero-order valence-corrected chi connectivity index (χ0v) is 15.6. The lowest BCUT2D eigenvalue weighted by Crippen LogP contribution is -2.65. The molecule has 7 heteroatoms. The molecule has 2 aliphatic carbocycles. The Bertz CT molecular complexity index is 779. The number of aromatic nitrogens is 3. The Labute approximate surface area is 154 Å². The summed E-state index contributed by atoms with van der Waals surface area (Å²) in [7, 11) is 1.82. The summed E-state index contributed by atoms with van der Waals surface area (Å²) in [5, 5.41) is 15.5.